The zero-order valence-electron chi connectivity index (χ0n) is 6.15. The summed E-state index contributed by atoms with van der Waals surface area (Å²) in [5.41, 5.74) is 5.46. The molecule has 0 aliphatic carbocycles. The van der Waals surface area contributed by atoms with Crippen LogP contribution in [0.2, 0.25) is 0 Å². The van der Waals surface area contributed by atoms with E-state index in [1.54, 1.807) is 0 Å². The molecule has 0 radical (unpaired) electrons. The van der Waals surface area contributed by atoms with Gasteiger partial charge < -0.3 is 11.1 Å². The van der Waals surface area contributed by atoms with Crippen molar-refractivity contribution in [1.82, 2.24) is 0 Å². The Bertz CT molecular complexity index is 141. The van der Waals surface area contributed by atoms with Crippen molar-refractivity contribution in [3.05, 3.63) is 11.5 Å². The lowest BCUT2D eigenvalue weighted by Crippen LogP contribution is -2.00. The third-order valence-corrected chi connectivity index (χ3v) is 1.23. The first-order valence-corrected chi connectivity index (χ1v) is 3.37. The second kappa shape index (κ2) is 4.97. The van der Waals surface area contributed by atoms with Crippen molar-refractivity contribution < 1.29 is 4.39 Å². The summed E-state index contributed by atoms with van der Waals surface area (Å²) >= 11 is 0. The molecule has 3 heteroatoms. The standard InChI is InChI=1S/C7H13FN2/c1-2-3-4-7(10)6(8)5-9/h5,9H,2-4,10H2,1H3/b7-6+,9-5?. The average molecular weight is 144 g/mol. The number of hydrogen-bond donors (Lipinski definition) is 2. The summed E-state index contributed by atoms with van der Waals surface area (Å²) in [6.45, 7) is 2.01. The molecule has 0 aliphatic rings. The largest absolute Gasteiger partial charge is 0.400 e. The second-order valence-corrected chi connectivity index (χ2v) is 2.12. The van der Waals surface area contributed by atoms with E-state index in [0.29, 0.717) is 12.6 Å². The summed E-state index contributed by atoms with van der Waals surface area (Å²) in [5.74, 6) is -0.603. The van der Waals surface area contributed by atoms with Gasteiger partial charge in [-0.2, -0.15) is 0 Å². The topological polar surface area (TPSA) is 49.9 Å². The number of allylic oxidation sites excluding steroid dienone is 2. The average Bonchev–Trinajstić information content (AvgIpc) is 1.98. The molecule has 0 saturated heterocycles. The fourth-order valence-electron chi connectivity index (χ4n) is 0.579. The molecule has 0 spiro atoms. The lowest BCUT2D eigenvalue weighted by Gasteiger charge is -1.97. The lowest BCUT2D eigenvalue weighted by atomic mass is 10.2. The van der Waals surface area contributed by atoms with Crippen LogP contribution in [0.4, 0.5) is 4.39 Å². The van der Waals surface area contributed by atoms with Crippen LogP contribution < -0.4 is 5.73 Å². The van der Waals surface area contributed by atoms with Gasteiger partial charge in [0.15, 0.2) is 5.83 Å². The van der Waals surface area contributed by atoms with Gasteiger partial charge in [-0.15, -0.1) is 0 Å². The Hall–Kier alpha value is -0.860. The fraction of sp³-hybridized carbons (Fsp3) is 0.571. The Balaban J connectivity index is 3.79. The number of nitrogens with two attached hydrogens (primary N) is 1. The summed E-state index contributed by atoms with van der Waals surface area (Å²) in [5, 5.41) is 6.54. The van der Waals surface area contributed by atoms with Gasteiger partial charge in [-0.25, -0.2) is 4.39 Å². The highest BCUT2D eigenvalue weighted by atomic mass is 19.1. The van der Waals surface area contributed by atoms with E-state index in [0.717, 1.165) is 12.8 Å². The van der Waals surface area contributed by atoms with Gasteiger partial charge >= 0.3 is 0 Å². The molecule has 0 aliphatic heterocycles. The molecule has 0 aromatic heterocycles. The fourth-order valence-corrected chi connectivity index (χ4v) is 0.579. The molecule has 0 saturated carbocycles. The van der Waals surface area contributed by atoms with Crippen molar-refractivity contribution in [3.63, 3.8) is 0 Å². The van der Waals surface area contributed by atoms with Crippen LogP contribution in [0.25, 0.3) is 0 Å². The van der Waals surface area contributed by atoms with Gasteiger partial charge in [0.2, 0.25) is 0 Å². The van der Waals surface area contributed by atoms with E-state index >= 15 is 0 Å². The number of hydrogen-bond acceptors (Lipinski definition) is 2. The van der Waals surface area contributed by atoms with Crippen LogP contribution >= 0.6 is 0 Å². The molecular weight excluding hydrogens is 131 g/mol. The van der Waals surface area contributed by atoms with Gasteiger partial charge in [-0.05, 0) is 12.8 Å². The summed E-state index contributed by atoms with van der Waals surface area (Å²) in [6.07, 6.45) is 3.07. The van der Waals surface area contributed by atoms with Crippen LogP contribution in [0.1, 0.15) is 26.2 Å². The van der Waals surface area contributed by atoms with Crippen molar-refractivity contribution >= 4 is 6.21 Å². The highest BCUT2D eigenvalue weighted by molar-refractivity contribution is 5.73. The SMILES string of the molecule is CCCC/C(N)=C(\F)C=N. The van der Waals surface area contributed by atoms with E-state index in [4.69, 9.17) is 11.1 Å². The van der Waals surface area contributed by atoms with E-state index in [2.05, 4.69) is 0 Å². The minimum Gasteiger partial charge on any atom is -0.400 e. The van der Waals surface area contributed by atoms with E-state index < -0.39 is 5.83 Å². The maximum atomic E-state index is 12.4. The molecule has 0 fully saturated rings. The monoisotopic (exact) mass is 144 g/mol. The van der Waals surface area contributed by atoms with Crippen LogP contribution in [0.3, 0.4) is 0 Å². The number of rotatable bonds is 4. The van der Waals surface area contributed by atoms with E-state index in [-0.39, 0.29) is 5.70 Å². The Morgan fingerprint density at radius 1 is 1.70 bits per heavy atom. The van der Waals surface area contributed by atoms with Gasteiger partial charge in [0.05, 0.1) is 6.21 Å². The summed E-state index contributed by atoms with van der Waals surface area (Å²) in [7, 11) is 0. The first kappa shape index (κ1) is 9.14. The highest BCUT2D eigenvalue weighted by Crippen LogP contribution is 2.06. The minimum absolute atomic E-state index is 0.192. The first-order chi connectivity index (χ1) is 4.72. The van der Waals surface area contributed by atoms with Crippen LogP contribution in [0.5, 0.6) is 0 Å². The molecule has 0 bridgehead atoms. The second-order valence-electron chi connectivity index (χ2n) is 2.12. The molecule has 0 aromatic carbocycles. The number of halogens is 1. The Labute approximate surface area is 60.4 Å². The molecule has 0 rings (SSSR count). The highest BCUT2D eigenvalue weighted by Gasteiger charge is 1.96. The molecule has 58 valence electrons. The molecule has 10 heavy (non-hydrogen) atoms. The Morgan fingerprint density at radius 3 is 2.70 bits per heavy atom. The van der Waals surface area contributed by atoms with Gasteiger partial charge in [0.25, 0.3) is 0 Å². The van der Waals surface area contributed by atoms with E-state index in [1.807, 2.05) is 6.92 Å². The molecule has 3 N–H and O–H groups in total. The minimum atomic E-state index is -0.603. The van der Waals surface area contributed by atoms with Crippen molar-refractivity contribution in [2.24, 2.45) is 5.73 Å². The zero-order valence-corrected chi connectivity index (χ0v) is 6.15. The number of unbranched alkanes of at least 4 members (excludes halogenated alkanes) is 1. The zero-order chi connectivity index (χ0) is 7.98. The predicted octanol–water partition coefficient (Wildman–Crippen LogP) is 1.97. The van der Waals surface area contributed by atoms with Crippen molar-refractivity contribution in [1.29, 1.82) is 5.41 Å². The maximum Gasteiger partial charge on any atom is 0.159 e. The van der Waals surface area contributed by atoms with Crippen LogP contribution in [-0.4, -0.2) is 6.21 Å². The maximum absolute atomic E-state index is 12.4. The molecule has 0 heterocycles. The third kappa shape index (κ3) is 3.22. The molecule has 0 aromatic rings. The summed E-state index contributed by atoms with van der Waals surface area (Å²) in [4.78, 5) is 0. The Morgan fingerprint density at radius 2 is 2.30 bits per heavy atom. The third-order valence-electron chi connectivity index (χ3n) is 1.23. The quantitative estimate of drug-likeness (QED) is 0.582. The van der Waals surface area contributed by atoms with Crippen molar-refractivity contribution in [2.45, 2.75) is 26.2 Å². The lowest BCUT2D eigenvalue weighted by molar-refractivity contribution is 0.650. The molecule has 0 unspecified atom stereocenters. The molecule has 2 nitrogen and oxygen atoms in total. The number of nitrogens with one attached hydrogen (secondary N) is 1. The van der Waals surface area contributed by atoms with Gasteiger partial charge in [0, 0.05) is 5.70 Å². The van der Waals surface area contributed by atoms with E-state index in [9.17, 15) is 4.39 Å². The summed E-state index contributed by atoms with van der Waals surface area (Å²) < 4.78 is 12.4. The Kier molecular flexibility index (Phi) is 4.54. The first-order valence-electron chi connectivity index (χ1n) is 3.37. The normalized spacial score (nSPS) is 12.6. The smallest absolute Gasteiger partial charge is 0.159 e. The van der Waals surface area contributed by atoms with Crippen LogP contribution in [-0.2, 0) is 0 Å². The van der Waals surface area contributed by atoms with Gasteiger partial charge in [-0.1, -0.05) is 13.3 Å². The molecule has 0 atom stereocenters. The van der Waals surface area contributed by atoms with Gasteiger partial charge in [-0.3, -0.25) is 0 Å². The van der Waals surface area contributed by atoms with Crippen LogP contribution in [0, 0.1) is 5.41 Å². The van der Waals surface area contributed by atoms with Crippen LogP contribution in [0.15, 0.2) is 11.5 Å². The summed E-state index contributed by atoms with van der Waals surface area (Å²) in [6, 6.07) is 0. The van der Waals surface area contributed by atoms with Crippen molar-refractivity contribution in [3.8, 4) is 0 Å². The van der Waals surface area contributed by atoms with Crippen molar-refractivity contribution in [2.75, 3.05) is 0 Å². The predicted molar refractivity (Wildman–Crippen MR) is 40.6 cm³/mol. The van der Waals surface area contributed by atoms with E-state index in [1.165, 1.54) is 0 Å². The van der Waals surface area contributed by atoms with Gasteiger partial charge in [0.1, 0.15) is 0 Å². The molecule has 0 amide bonds. The molecular formula is C7H13FN2.